The number of ketones is 1. The molecule has 0 radical (unpaired) electrons. The minimum Gasteiger partial charge on any atom is -0.459 e. The van der Waals surface area contributed by atoms with E-state index in [1.54, 1.807) is 13.2 Å². The molecule has 1 N–H and O–H groups in total. The monoisotopic (exact) mass is 563 g/mol. The minimum absolute atomic E-state index is 0.00808. The summed E-state index contributed by atoms with van der Waals surface area (Å²) in [6.45, 7) is 5.35. The van der Waals surface area contributed by atoms with Crippen molar-refractivity contribution in [2.24, 2.45) is 11.8 Å². The highest BCUT2D eigenvalue weighted by molar-refractivity contribution is 5.97. The summed E-state index contributed by atoms with van der Waals surface area (Å²) in [7, 11) is 1.71. The number of hydrogen-bond donors (Lipinski definition) is 1. The molecule has 2 aromatic carbocycles. The van der Waals surface area contributed by atoms with Crippen LogP contribution in [0.2, 0.25) is 0 Å². The molecule has 0 amide bonds. The van der Waals surface area contributed by atoms with E-state index in [0.29, 0.717) is 31.1 Å². The van der Waals surface area contributed by atoms with Crippen molar-refractivity contribution in [3.05, 3.63) is 82.8 Å². The number of Topliss-reactive ketones (excluding diaryl/α,β-unsaturated/α-hetero) is 1. The first kappa shape index (κ1) is 29.1. The van der Waals surface area contributed by atoms with Crippen LogP contribution >= 0.6 is 0 Å². The summed E-state index contributed by atoms with van der Waals surface area (Å²) in [6, 6.07) is 7.52. The van der Waals surface area contributed by atoms with Crippen molar-refractivity contribution < 1.29 is 23.0 Å². The second-order valence-corrected chi connectivity index (χ2v) is 11.2. The van der Waals surface area contributed by atoms with Gasteiger partial charge in [-0.15, -0.1) is 0 Å². The van der Waals surface area contributed by atoms with E-state index in [-0.39, 0.29) is 17.5 Å². The van der Waals surface area contributed by atoms with Crippen LogP contribution in [0.5, 0.6) is 5.75 Å². The summed E-state index contributed by atoms with van der Waals surface area (Å²) in [5.74, 6) is -0.0712. The van der Waals surface area contributed by atoms with Crippen LogP contribution in [-0.4, -0.2) is 35.8 Å². The molecule has 1 saturated carbocycles. The van der Waals surface area contributed by atoms with Crippen LogP contribution in [0.25, 0.3) is 10.9 Å². The predicted octanol–water partition coefficient (Wildman–Crippen LogP) is 6.81. The van der Waals surface area contributed by atoms with E-state index in [9.17, 15) is 13.6 Å². The van der Waals surface area contributed by atoms with Gasteiger partial charge in [-0.1, -0.05) is 18.6 Å². The number of halogens is 2. The zero-order valence-electron chi connectivity index (χ0n) is 23.9. The number of allylic oxidation sites excluding steroid dienone is 4. The van der Waals surface area contributed by atoms with E-state index >= 15 is 0 Å². The van der Waals surface area contributed by atoms with Gasteiger partial charge in [0.25, 0.3) is 0 Å². The third-order valence-corrected chi connectivity index (χ3v) is 8.38. The lowest BCUT2D eigenvalue weighted by Gasteiger charge is -2.19. The molecular weight excluding hydrogens is 524 g/mol. The summed E-state index contributed by atoms with van der Waals surface area (Å²) in [6.07, 6.45) is 11.7. The molecule has 2 unspecified atom stereocenters. The molecule has 1 heterocycles. The topological polar surface area (TPSA) is 65.4 Å². The Kier molecular flexibility index (Phi) is 9.62. The zero-order valence-corrected chi connectivity index (χ0v) is 23.9. The fourth-order valence-electron chi connectivity index (χ4n) is 5.97. The highest BCUT2D eigenvalue weighted by atomic mass is 19.1. The van der Waals surface area contributed by atoms with Gasteiger partial charge in [-0.2, -0.15) is 5.10 Å². The number of aromatic nitrogens is 2. The van der Waals surface area contributed by atoms with Crippen molar-refractivity contribution in [3.8, 4) is 5.75 Å². The first-order chi connectivity index (χ1) is 19.9. The third kappa shape index (κ3) is 7.29. The van der Waals surface area contributed by atoms with Gasteiger partial charge in [0.2, 0.25) is 0 Å². The number of carbonyl (C=O) groups is 1. The van der Waals surface area contributed by atoms with E-state index in [4.69, 9.17) is 14.6 Å². The molecule has 41 heavy (non-hydrogen) atoms. The van der Waals surface area contributed by atoms with Gasteiger partial charge in [0.05, 0.1) is 12.1 Å². The van der Waals surface area contributed by atoms with E-state index in [1.807, 2.05) is 6.08 Å². The summed E-state index contributed by atoms with van der Waals surface area (Å²) in [5.41, 5.74) is 4.36. The molecule has 0 spiro atoms. The molecule has 6 nitrogen and oxygen atoms in total. The minimum atomic E-state index is -0.737. The summed E-state index contributed by atoms with van der Waals surface area (Å²) < 4.78 is 39.9. The van der Waals surface area contributed by atoms with Crippen LogP contribution in [0.15, 0.2) is 60.0 Å². The van der Waals surface area contributed by atoms with Crippen molar-refractivity contribution in [1.82, 2.24) is 15.1 Å². The molecule has 0 bridgehead atoms. The second kappa shape index (κ2) is 13.5. The maximum absolute atomic E-state index is 13.9. The largest absolute Gasteiger partial charge is 0.459 e. The Bertz CT molecular complexity index is 1440. The van der Waals surface area contributed by atoms with Gasteiger partial charge in [0.15, 0.2) is 17.3 Å². The quantitative estimate of drug-likeness (QED) is 0.205. The van der Waals surface area contributed by atoms with Gasteiger partial charge < -0.3 is 14.8 Å². The maximum atomic E-state index is 13.9. The number of aryl methyl sites for hydroxylation is 1. The number of benzene rings is 2. The smallest absolute Gasteiger partial charge is 0.168 e. The van der Waals surface area contributed by atoms with Crippen LogP contribution in [0.1, 0.15) is 56.1 Å². The molecular formula is C33H39F2N3O3. The van der Waals surface area contributed by atoms with Crippen LogP contribution in [0.3, 0.4) is 0 Å². The van der Waals surface area contributed by atoms with Gasteiger partial charge in [0, 0.05) is 56.7 Å². The predicted molar refractivity (Wildman–Crippen MR) is 156 cm³/mol. The van der Waals surface area contributed by atoms with Gasteiger partial charge in [-0.3, -0.25) is 9.48 Å². The molecule has 3 aromatic rings. The second-order valence-electron chi connectivity index (χ2n) is 11.2. The number of carbonyl (C=O) groups excluding carboxylic acids is 1. The van der Waals surface area contributed by atoms with E-state index < -0.39 is 11.6 Å². The fourth-order valence-corrected chi connectivity index (χ4v) is 5.97. The highest BCUT2D eigenvalue weighted by Crippen LogP contribution is 2.33. The standard InChI is InChI=1S/C33H39F2N3O3/c1-22-26(19-36-16-17-40-2)10-14-31-29(22)21-38(37-31)20-23-4-3-5-24(7-6-23)33(39)25-8-12-28(13-9-25)41-32-15-11-27(34)18-30(32)35/h8,10-12,14-15,18,21,23-24,36H,3-7,9,13,16-17,19-20H2,1-2H3. The number of fused-ring (bicyclic) bond motifs is 1. The van der Waals surface area contributed by atoms with Gasteiger partial charge in [-0.25, -0.2) is 8.78 Å². The molecule has 5 rings (SSSR count). The van der Waals surface area contributed by atoms with Crippen LogP contribution in [-0.2, 0) is 22.6 Å². The Morgan fingerprint density at radius 2 is 1.98 bits per heavy atom. The number of nitrogens with one attached hydrogen (secondary N) is 1. The lowest BCUT2D eigenvalue weighted by Crippen LogP contribution is -2.19. The highest BCUT2D eigenvalue weighted by Gasteiger charge is 2.27. The van der Waals surface area contributed by atoms with Gasteiger partial charge in [0.1, 0.15) is 11.6 Å². The fraction of sp³-hybridized carbons (Fsp3) is 0.455. The number of rotatable bonds is 11. The Morgan fingerprint density at radius 3 is 2.76 bits per heavy atom. The maximum Gasteiger partial charge on any atom is 0.168 e. The Labute approximate surface area is 240 Å². The molecule has 1 fully saturated rings. The molecule has 2 aliphatic carbocycles. The molecule has 2 atom stereocenters. The zero-order chi connectivity index (χ0) is 28.8. The summed E-state index contributed by atoms with van der Waals surface area (Å²) in [5, 5.41) is 9.48. The Hall–Kier alpha value is -3.36. The molecule has 8 heteroatoms. The first-order valence-corrected chi connectivity index (χ1v) is 14.6. The number of nitrogens with zero attached hydrogens (tertiary/aromatic N) is 2. The van der Waals surface area contributed by atoms with Crippen molar-refractivity contribution in [2.45, 2.75) is 65.0 Å². The van der Waals surface area contributed by atoms with Crippen LogP contribution < -0.4 is 10.1 Å². The SMILES string of the molecule is COCCNCc1ccc2nn(CC3CCCC(C(=O)C4=CC=C(Oc5ccc(F)cc5F)CC4)CC3)cc2c1C. The van der Waals surface area contributed by atoms with E-state index in [0.717, 1.165) is 68.9 Å². The molecule has 2 aliphatic rings. The number of hydrogen-bond acceptors (Lipinski definition) is 5. The average molecular weight is 564 g/mol. The van der Waals surface area contributed by atoms with Gasteiger partial charge >= 0.3 is 0 Å². The third-order valence-electron chi connectivity index (χ3n) is 8.38. The van der Waals surface area contributed by atoms with Crippen molar-refractivity contribution >= 4 is 16.7 Å². The number of ether oxygens (including phenoxy) is 2. The Balaban J connectivity index is 1.16. The van der Waals surface area contributed by atoms with Crippen molar-refractivity contribution in [2.75, 3.05) is 20.3 Å². The molecule has 0 aliphatic heterocycles. The lowest BCUT2D eigenvalue weighted by molar-refractivity contribution is -0.119. The van der Waals surface area contributed by atoms with Crippen molar-refractivity contribution in [1.29, 1.82) is 0 Å². The normalized spacial score (nSPS) is 19.5. The average Bonchev–Trinajstić information content (AvgIpc) is 3.24. The number of methoxy groups -OCH3 is 1. The van der Waals surface area contributed by atoms with Gasteiger partial charge in [-0.05, 0) is 85.9 Å². The van der Waals surface area contributed by atoms with Crippen LogP contribution in [0, 0.1) is 30.4 Å². The van der Waals surface area contributed by atoms with E-state index in [1.165, 1.54) is 28.6 Å². The summed E-state index contributed by atoms with van der Waals surface area (Å²) >= 11 is 0. The Morgan fingerprint density at radius 1 is 1.10 bits per heavy atom. The summed E-state index contributed by atoms with van der Waals surface area (Å²) in [4.78, 5) is 13.4. The van der Waals surface area contributed by atoms with Crippen molar-refractivity contribution in [3.63, 3.8) is 0 Å². The lowest BCUT2D eigenvalue weighted by atomic mass is 9.87. The first-order valence-electron chi connectivity index (χ1n) is 14.6. The van der Waals surface area contributed by atoms with E-state index in [2.05, 4.69) is 35.3 Å². The molecule has 218 valence electrons. The molecule has 0 saturated heterocycles. The molecule has 1 aromatic heterocycles. The van der Waals surface area contributed by atoms with Crippen LogP contribution in [0.4, 0.5) is 8.78 Å².